The van der Waals surface area contributed by atoms with E-state index in [2.05, 4.69) is 15.0 Å². The normalized spacial score (nSPS) is 15.3. The van der Waals surface area contributed by atoms with Crippen molar-refractivity contribution in [2.75, 3.05) is 13.1 Å². The number of fused-ring (bicyclic) bond motifs is 1. The topological polar surface area (TPSA) is 63.9 Å². The van der Waals surface area contributed by atoms with Crippen LogP contribution in [0.2, 0.25) is 0 Å². The molecule has 0 radical (unpaired) electrons. The average molecular weight is 335 g/mol. The van der Waals surface area contributed by atoms with Gasteiger partial charge in [0, 0.05) is 31.7 Å². The second-order valence-electron chi connectivity index (χ2n) is 6.51. The van der Waals surface area contributed by atoms with Gasteiger partial charge in [0.25, 0.3) is 5.91 Å². The van der Waals surface area contributed by atoms with Gasteiger partial charge in [0.05, 0.1) is 18.4 Å². The summed E-state index contributed by atoms with van der Waals surface area (Å²) in [4.78, 5) is 27.8. The molecule has 25 heavy (non-hydrogen) atoms. The van der Waals surface area contributed by atoms with Crippen molar-refractivity contribution in [3.05, 3.63) is 54.2 Å². The van der Waals surface area contributed by atoms with E-state index in [4.69, 9.17) is 0 Å². The van der Waals surface area contributed by atoms with E-state index in [0.717, 1.165) is 42.7 Å². The first kappa shape index (κ1) is 15.7. The summed E-state index contributed by atoms with van der Waals surface area (Å²) < 4.78 is 1.98. The molecule has 0 N–H and O–H groups in total. The molecular formula is C19H21N5O. The number of amides is 1. The minimum atomic E-state index is 0.0677. The van der Waals surface area contributed by atoms with Crippen LogP contribution in [0.4, 0.5) is 0 Å². The van der Waals surface area contributed by atoms with Crippen molar-refractivity contribution in [1.82, 2.24) is 24.4 Å². The Bertz CT molecular complexity index is 866. The molecular weight excluding hydrogens is 314 g/mol. The summed E-state index contributed by atoms with van der Waals surface area (Å²) in [7, 11) is 0. The van der Waals surface area contributed by atoms with E-state index in [1.54, 1.807) is 18.7 Å². The molecule has 6 nitrogen and oxygen atoms in total. The molecule has 128 valence electrons. The maximum Gasteiger partial charge on any atom is 0.255 e. The van der Waals surface area contributed by atoms with Gasteiger partial charge in [-0.3, -0.25) is 9.78 Å². The molecule has 1 amide bonds. The molecule has 0 bridgehead atoms. The fourth-order valence-electron chi connectivity index (χ4n) is 3.33. The standard InChI is InChI=1S/C19H21N5O/c25-19(23-8-3-1-2-4-9-23)16-10-17-18(21-12-16)24(14-22-17)13-15-6-5-7-20-11-15/h5-7,10-12,14H,1-4,8-9,13H2. The van der Waals surface area contributed by atoms with E-state index in [1.807, 2.05) is 33.9 Å². The Hall–Kier alpha value is -2.76. The van der Waals surface area contributed by atoms with E-state index in [9.17, 15) is 4.79 Å². The second-order valence-corrected chi connectivity index (χ2v) is 6.51. The molecule has 0 saturated carbocycles. The molecule has 3 aromatic rings. The zero-order chi connectivity index (χ0) is 17.1. The molecule has 0 atom stereocenters. The van der Waals surface area contributed by atoms with E-state index in [-0.39, 0.29) is 5.91 Å². The summed E-state index contributed by atoms with van der Waals surface area (Å²) in [5.41, 5.74) is 3.26. The highest BCUT2D eigenvalue weighted by molar-refractivity contribution is 5.96. The van der Waals surface area contributed by atoms with Crippen LogP contribution >= 0.6 is 0 Å². The zero-order valence-corrected chi connectivity index (χ0v) is 14.1. The first-order valence-electron chi connectivity index (χ1n) is 8.80. The zero-order valence-electron chi connectivity index (χ0n) is 14.1. The maximum atomic E-state index is 12.7. The van der Waals surface area contributed by atoms with Crippen molar-refractivity contribution in [1.29, 1.82) is 0 Å². The Kier molecular flexibility index (Phi) is 4.41. The van der Waals surface area contributed by atoms with Gasteiger partial charge in [-0.2, -0.15) is 0 Å². The third-order valence-electron chi connectivity index (χ3n) is 4.67. The van der Waals surface area contributed by atoms with Crippen molar-refractivity contribution in [2.45, 2.75) is 32.2 Å². The molecule has 6 heteroatoms. The van der Waals surface area contributed by atoms with Gasteiger partial charge in [-0.05, 0) is 30.5 Å². The lowest BCUT2D eigenvalue weighted by molar-refractivity contribution is 0.0761. The van der Waals surface area contributed by atoms with Gasteiger partial charge in [0.2, 0.25) is 0 Å². The molecule has 4 rings (SSSR count). The molecule has 0 aromatic carbocycles. The molecule has 1 saturated heterocycles. The molecule has 1 aliphatic heterocycles. The Morgan fingerprint density at radius 2 is 1.92 bits per heavy atom. The third-order valence-corrected chi connectivity index (χ3v) is 4.67. The van der Waals surface area contributed by atoms with Crippen LogP contribution in [-0.4, -0.2) is 43.4 Å². The van der Waals surface area contributed by atoms with Crippen LogP contribution in [0.1, 0.15) is 41.6 Å². The number of pyridine rings is 2. The van der Waals surface area contributed by atoms with Gasteiger partial charge < -0.3 is 9.47 Å². The lowest BCUT2D eigenvalue weighted by atomic mass is 10.2. The highest BCUT2D eigenvalue weighted by Gasteiger charge is 2.18. The van der Waals surface area contributed by atoms with E-state index >= 15 is 0 Å². The van der Waals surface area contributed by atoms with Crippen LogP contribution in [0.15, 0.2) is 43.1 Å². The first-order chi connectivity index (χ1) is 12.3. The molecule has 1 aliphatic rings. The number of carbonyl (C=O) groups is 1. The lowest BCUT2D eigenvalue weighted by Gasteiger charge is -2.20. The van der Waals surface area contributed by atoms with Crippen LogP contribution in [-0.2, 0) is 6.54 Å². The van der Waals surface area contributed by atoms with Gasteiger partial charge >= 0.3 is 0 Å². The molecule has 4 heterocycles. The highest BCUT2D eigenvalue weighted by atomic mass is 16.2. The summed E-state index contributed by atoms with van der Waals surface area (Å²) in [5, 5.41) is 0. The molecule has 0 aliphatic carbocycles. The Morgan fingerprint density at radius 3 is 2.68 bits per heavy atom. The second kappa shape index (κ2) is 7.01. The van der Waals surface area contributed by atoms with Crippen molar-refractivity contribution >= 4 is 17.1 Å². The van der Waals surface area contributed by atoms with Crippen LogP contribution in [0.25, 0.3) is 11.2 Å². The predicted octanol–water partition coefficient (Wildman–Crippen LogP) is 2.89. The fraction of sp³-hybridized carbons (Fsp3) is 0.368. The number of aromatic nitrogens is 4. The molecule has 0 spiro atoms. The SMILES string of the molecule is O=C(c1cnc2c(c1)ncn2Cc1cccnc1)N1CCCCCC1. The lowest BCUT2D eigenvalue weighted by Crippen LogP contribution is -2.31. The number of hydrogen-bond donors (Lipinski definition) is 0. The maximum absolute atomic E-state index is 12.7. The minimum Gasteiger partial charge on any atom is -0.339 e. The first-order valence-corrected chi connectivity index (χ1v) is 8.80. The summed E-state index contributed by atoms with van der Waals surface area (Å²) in [6.45, 7) is 2.34. The quantitative estimate of drug-likeness (QED) is 0.738. The van der Waals surface area contributed by atoms with Crippen LogP contribution in [0, 0.1) is 0 Å². The third kappa shape index (κ3) is 3.38. The van der Waals surface area contributed by atoms with Crippen molar-refractivity contribution in [3.63, 3.8) is 0 Å². The van der Waals surface area contributed by atoms with Gasteiger partial charge in [0.1, 0.15) is 5.52 Å². The van der Waals surface area contributed by atoms with Crippen LogP contribution in [0.3, 0.4) is 0 Å². The summed E-state index contributed by atoms with van der Waals surface area (Å²) in [6, 6.07) is 5.80. The monoisotopic (exact) mass is 335 g/mol. The largest absolute Gasteiger partial charge is 0.339 e. The Balaban J connectivity index is 1.57. The van der Waals surface area contributed by atoms with E-state index < -0.39 is 0 Å². The highest BCUT2D eigenvalue weighted by Crippen LogP contribution is 2.17. The molecule has 1 fully saturated rings. The summed E-state index contributed by atoms with van der Waals surface area (Å²) >= 11 is 0. The number of nitrogens with zero attached hydrogens (tertiary/aromatic N) is 5. The summed E-state index contributed by atoms with van der Waals surface area (Å²) in [6.07, 6.45) is 11.6. The van der Waals surface area contributed by atoms with Crippen molar-refractivity contribution in [3.8, 4) is 0 Å². The van der Waals surface area contributed by atoms with E-state index in [1.165, 1.54) is 12.8 Å². The number of likely N-dealkylation sites (tertiary alicyclic amines) is 1. The van der Waals surface area contributed by atoms with E-state index in [0.29, 0.717) is 12.1 Å². The van der Waals surface area contributed by atoms with Crippen molar-refractivity contribution in [2.24, 2.45) is 0 Å². The number of carbonyl (C=O) groups excluding carboxylic acids is 1. The smallest absolute Gasteiger partial charge is 0.255 e. The number of imidazole rings is 1. The number of rotatable bonds is 3. The Labute approximate surface area is 146 Å². The van der Waals surface area contributed by atoms with Gasteiger partial charge in [-0.15, -0.1) is 0 Å². The average Bonchev–Trinajstić information content (AvgIpc) is 2.86. The number of hydrogen-bond acceptors (Lipinski definition) is 4. The summed E-state index contributed by atoms with van der Waals surface area (Å²) in [5.74, 6) is 0.0677. The van der Waals surface area contributed by atoms with Gasteiger partial charge in [-0.1, -0.05) is 18.9 Å². The van der Waals surface area contributed by atoms with Gasteiger partial charge in [0.15, 0.2) is 5.65 Å². The van der Waals surface area contributed by atoms with Crippen LogP contribution in [0.5, 0.6) is 0 Å². The Morgan fingerprint density at radius 1 is 1.08 bits per heavy atom. The molecule has 3 aromatic heterocycles. The van der Waals surface area contributed by atoms with Gasteiger partial charge in [-0.25, -0.2) is 9.97 Å². The van der Waals surface area contributed by atoms with Crippen molar-refractivity contribution < 1.29 is 4.79 Å². The van der Waals surface area contributed by atoms with Crippen LogP contribution < -0.4 is 0 Å². The fourth-order valence-corrected chi connectivity index (χ4v) is 3.33. The minimum absolute atomic E-state index is 0.0677. The molecule has 0 unspecified atom stereocenters. The predicted molar refractivity (Wildman–Crippen MR) is 95.2 cm³/mol.